The summed E-state index contributed by atoms with van der Waals surface area (Å²) in [5.41, 5.74) is 16.8. The Bertz CT molecular complexity index is 3220. The van der Waals surface area contributed by atoms with E-state index in [0.29, 0.717) is 12.6 Å². The third-order valence-electron chi connectivity index (χ3n) is 13.1. The van der Waals surface area contributed by atoms with Crippen LogP contribution in [-0.4, -0.2) is 16.2 Å². The Kier molecular flexibility index (Phi) is 10.8. The standard InChI is InChI=1S/C61H60N4O/c1-40(2)29-42-17-15-20-45(31-42)54-38-62-59(30-41(54)3)65-55-28-25-44(43-18-11-10-12-19-43)32-53(55)52-27-26-51(37-58(52)65)66-50-22-16-21-48(36-50)63-39-64(57-24-14-13-23-56(57)63)49-34-46(60(4,5)6)33-47(35-49)61(7,8)9/h10-28,30-38,40H,29,39H2,1-9H3. The number of rotatable bonds is 9. The predicted octanol–water partition coefficient (Wildman–Crippen LogP) is 16.7. The number of hydrogen-bond acceptors (Lipinski definition) is 4. The van der Waals surface area contributed by atoms with Crippen LogP contribution in [0, 0.1) is 12.8 Å². The van der Waals surface area contributed by atoms with Crippen molar-refractivity contribution in [2.24, 2.45) is 5.92 Å². The van der Waals surface area contributed by atoms with E-state index in [0.717, 1.165) is 51.4 Å². The molecule has 9 aromatic rings. The summed E-state index contributed by atoms with van der Waals surface area (Å²) >= 11 is 0. The van der Waals surface area contributed by atoms with Crippen LogP contribution in [0.1, 0.15) is 77.6 Å². The van der Waals surface area contributed by atoms with Gasteiger partial charge in [-0.05, 0) is 136 Å². The van der Waals surface area contributed by atoms with E-state index in [9.17, 15) is 0 Å². The summed E-state index contributed by atoms with van der Waals surface area (Å²) < 4.78 is 9.13. The number of anilines is 4. The Morgan fingerprint density at radius 2 is 1.21 bits per heavy atom. The second-order valence-electron chi connectivity index (χ2n) is 20.6. The number of aryl methyl sites for hydroxylation is 1. The first kappa shape index (κ1) is 42.8. The molecule has 0 bridgehead atoms. The van der Waals surface area contributed by atoms with Gasteiger partial charge in [0.05, 0.1) is 22.4 Å². The van der Waals surface area contributed by atoms with Gasteiger partial charge in [-0.3, -0.25) is 4.57 Å². The summed E-state index contributed by atoms with van der Waals surface area (Å²) in [5, 5.41) is 2.32. The lowest BCUT2D eigenvalue weighted by Gasteiger charge is -2.29. The van der Waals surface area contributed by atoms with Gasteiger partial charge in [0.2, 0.25) is 0 Å². The van der Waals surface area contributed by atoms with Crippen LogP contribution in [0.15, 0.2) is 170 Å². The fourth-order valence-corrected chi connectivity index (χ4v) is 9.56. The number of aromatic nitrogens is 2. The maximum Gasteiger partial charge on any atom is 0.137 e. The molecule has 0 radical (unpaired) electrons. The predicted molar refractivity (Wildman–Crippen MR) is 279 cm³/mol. The van der Waals surface area contributed by atoms with Gasteiger partial charge in [-0.2, -0.15) is 0 Å². The molecule has 0 spiro atoms. The minimum absolute atomic E-state index is 0.0171. The number of benzene rings is 7. The molecule has 5 heteroatoms. The summed E-state index contributed by atoms with van der Waals surface area (Å²) in [6.45, 7) is 21.2. The number of pyridine rings is 1. The highest BCUT2D eigenvalue weighted by molar-refractivity contribution is 6.10. The summed E-state index contributed by atoms with van der Waals surface area (Å²) in [5.74, 6) is 3.01. The van der Waals surface area contributed by atoms with Gasteiger partial charge in [0.15, 0.2) is 0 Å². The Morgan fingerprint density at radius 1 is 0.545 bits per heavy atom. The van der Waals surface area contributed by atoms with Crippen LogP contribution in [0.2, 0.25) is 0 Å². The number of hydrogen-bond donors (Lipinski definition) is 0. The molecule has 66 heavy (non-hydrogen) atoms. The van der Waals surface area contributed by atoms with Gasteiger partial charge in [-0.15, -0.1) is 0 Å². The van der Waals surface area contributed by atoms with Crippen molar-refractivity contribution in [1.29, 1.82) is 0 Å². The van der Waals surface area contributed by atoms with Gasteiger partial charge in [-0.1, -0.05) is 140 Å². The molecular formula is C61H60N4O. The normalized spacial score (nSPS) is 13.0. The fraction of sp³-hybridized carbons (Fsp3) is 0.230. The van der Waals surface area contributed by atoms with Crippen LogP contribution in [0.3, 0.4) is 0 Å². The molecule has 0 saturated carbocycles. The first-order valence-corrected chi connectivity index (χ1v) is 23.5. The first-order valence-electron chi connectivity index (χ1n) is 23.5. The third kappa shape index (κ3) is 8.24. The van der Waals surface area contributed by atoms with Gasteiger partial charge in [0, 0.05) is 46.0 Å². The molecule has 10 rings (SSSR count). The highest BCUT2D eigenvalue weighted by atomic mass is 16.5. The van der Waals surface area contributed by atoms with Crippen molar-refractivity contribution < 1.29 is 4.74 Å². The van der Waals surface area contributed by atoms with Gasteiger partial charge in [0.1, 0.15) is 24.0 Å². The second kappa shape index (κ2) is 16.7. The summed E-state index contributed by atoms with van der Waals surface area (Å²) in [4.78, 5) is 10.0. The second-order valence-corrected chi connectivity index (χ2v) is 20.6. The number of ether oxygens (including phenoxy) is 1. The average Bonchev–Trinajstić information content (AvgIpc) is 3.84. The van der Waals surface area contributed by atoms with Crippen molar-refractivity contribution in [3.63, 3.8) is 0 Å². The molecule has 7 aromatic carbocycles. The van der Waals surface area contributed by atoms with Crippen LogP contribution < -0.4 is 14.5 Å². The lowest BCUT2D eigenvalue weighted by molar-refractivity contribution is 0.483. The topological polar surface area (TPSA) is 33.5 Å². The van der Waals surface area contributed by atoms with Crippen molar-refractivity contribution in [3.05, 3.63) is 192 Å². The van der Waals surface area contributed by atoms with Crippen LogP contribution >= 0.6 is 0 Å². The van der Waals surface area contributed by atoms with Crippen molar-refractivity contribution >= 4 is 44.6 Å². The van der Waals surface area contributed by atoms with E-state index >= 15 is 0 Å². The molecule has 0 fully saturated rings. The van der Waals surface area contributed by atoms with E-state index in [-0.39, 0.29) is 10.8 Å². The summed E-state index contributed by atoms with van der Waals surface area (Å²) in [6.07, 6.45) is 3.10. The largest absolute Gasteiger partial charge is 0.457 e. The number of para-hydroxylation sites is 2. The monoisotopic (exact) mass is 864 g/mol. The van der Waals surface area contributed by atoms with Crippen LogP contribution in [0.4, 0.5) is 22.7 Å². The van der Waals surface area contributed by atoms with Crippen molar-refractivity contribution in [3.8, 4) is 39.6 Å². The van der Waals surface area contributed by atoms with Gasteiger partial charge in [-0.25, -0.2) is 4.98 Å². The smallest absolute Gasteiger partial charge is 0.137 e. The van der Waals surface area contributed by atoms with E-state index in [2.05, 4.69) is 240 Å². The van der Waals surface area contributed by atoms with E-state index < -0.39 is 0 Å². The summed E-state index contributed by atoms with van der Waals surface area (Å²) in [7, 11) is 0. The Balaban J connectivity index is 1.02. The molecule has 5 nitrogen and oxygen atoms in total. The molecule has 0 N–H and O–H groups in total. The highest BCUT2D eigenvalue weighted by Crippen LogP contribution is 2.47. The van der Waals surface area contributed by atoms with E-state index in [1.54, 1.807) is 0 Å². The van der Waals surface area contributed by atoms with Crippen molar-refractivity contribution in [2.75, 3.05) is 16.5 Å². The average molecular weight is 865 g/mol. The molecule has 3 heterocycles. The van der Waals surface area contributed by atoms with Crippen molar-refractivity contribution in [2.45, 2.75) is 79.6 Å². The lowest BCUT2D eigenvalue weighted by Crippen LogP contribution is -2.25. The zero-order valence-corrected chi connectivity index (χ0v) is 39.9. The lowest BCUT2D eigenvalue weighted by atomic mass is 9.80. The number of fused-ring (bicyclic) bond motifs is 4. The van der Waals surface area contributed by atoms with Crippen LogP contribution in [-0.2, 0) is 17.3 Å². The Morgan fingerprint density at radius 3 is 1.91 bits per heavy atom. The minimum Gasteiger partial charge on any atom is -0.457 e. The SMILES string of the molecule is Cc1cc(-n2c3ccc(-c4ccccc4)cc3c3ccc(Oc4cccc(N5CN(c6cc(C(C)(C)C)cc(C(C)(C)C)c6)c6ccccc65)c4)cc32)ncc1-c1cccc(CC(C)C)c1. The number of nitrogens with zero attached hydrogens (tertiary/aromatic N) is 4. The van der Waals surface area contributed by atoms with E-state index in [1.807, 2.05) is 6.20 Å². The van der Waals surface area contributed by atoms with Crippen LogP contribution in [0.25, 0.3) is 49.9 Å². The van der Waals surface area contributed by atoms with E-state index in [1.165, 1.54) is 61.4 Å². The zero-order valence-electron chi connectivity index (χ0n) is 39.9. The van der Waals surface area contributed by atoms with Gasteiger partial charge >= 0.3 is 0 Å². The minimum atomic E-state index is 0.0171. The fourth-order valence-electron chi connectivity index (χ4n) is 9.56. The molecule has 1 aliphatic heterocycles. The van der Waals surface area contributed by atoms with Crippen molar-refractivity contribution in [1.82, 2.24) is 9.55 Å². The molecular weight excluding hydrogens is 805 g/mol. The molecule has 1 aliphatic rings. The Labute approximate surface area is 391 Å². The molecule has 0 atom stereocenters. The third-order valence-corrected chi connectivity index (χ3v) is 13.1. The highest BCUT2D eigenvalue weighted by Gasteiger charge is 2.30. The quantitative estimate of drug-likeness (QED) is 0.145. The molecule has 0 unspecified atom stereocenters. The van der Waals surface area contributed by atoms with Crippen LogP contribution in [0.5, 0.6) is 11.5 Å². The van der Waals surface area contributed by atoms with Gasteiger partial charge in [0.25, 0.3) is 0 Å². The molecule has 0 aliphatic carbocycles. The molecule has 0 saturated heterocycles. The molecule has 330 valence electrons. The maximum absolute atomic E-state index is 6.84. The molecule has 2 aromatic heterocycles. The first-order chi connectivity index (χ1) is 31.7. The zero-order chi connectivity index (χ0) is 45.9. The Hall–Kier alpha value is -7.11. The molecule has 0 amide bonds. The summed E-state index contributed by atoms with van der Waals surface area (Å²) in [6, 6.07) is 59.4. The maximum atomic E-state index is 6.84. The van der Waals surface area contributed by atoms with Gasteiger partial charge < -0.3 is 14.5 Å². The van der Waals surface area contributed by atoms with E-state index in [4.69, 9.17) is 9.72 Å².